The fraction of sp³-hybridized carbons (Fsp3) is 0.455. The highest BCUT2D eigenvalue weighted by molar-refractivity contribution is 7.19. The molecule has 162 valence electrons. The molecule has 0 spiro atoms. The third-order valence-electron chi connectivity index (χ3n) is 5.49. The second-order valence-corrected chi connectivity index (χ2v) is 10.1. The average Bonchev–Trinajstić information content (AvgIpc) is 3.37. The molecule has 1 saturated heterocycles. The normalized spacial score (nSPS) is 15.8. The first-order valence-electron chi connectivity index (χ1n) is 10.5. The lowest BCUT2D eigenvalue weighted by molar-refractivity contribution is 0.0204. The second-order valence-electron chi connectivity index (χ2n) is 9.12. The maximum Gasteiger partial charge on any atom is 0.410 e. The van der Waals surface area contributed by atoms with Gasteiger partial charge in [-0.1, -0.05) is 11.3 Å². The van der Waals surface area contributed by atoms with Crippen LogP contribution in [0.1, 0.15) is 45.2 Å². The molecule has 9 heteroatoms. The van der Waals surface area contributed by atoms with Gasteiger partial charge in [0.1, 0.15) is 10.6 Å². The topological polar surface area (TPSA) is 77.5 Å². The van der Waals surface area contributed by atoms with E-state index in [0.717, 1.165) is 45.0 Å². The largest absolute Gasteiger partial charge is 0.444 e. The molecule has 0 atom stereocenters. The van der Waals surface area contributed by atoms with Crippen LogP contribution >= 0.6 is 11.3 Å². The van der Waals surface area contributed by atoms with E-state index in [1.165, 1.54) is 0 Å². The molecule has 0 N–H and O–H groups in total. The molecule has 1 aliphatic heterocycles. The summed E-state index contributed by atoms with van der Waals surface area (Å²) >= 11 is 1.59. The van der Waals surface area contributed by atoms with Crippen molar-refractivity contribution >= 4 is 33.3 Å². The Morgan fingerprint density at radius 1 is 1.16 bits per heavy atom. The van der Waals surface area contributed by atoms with E-state index in [9.17, 15) is 4.79 Å². The van der Waals surface area contributed by atoms with Crippen LogP contribution in [0.3, 0.4) is 0 Å². The Balaban J connectivity index is 1.29. The minimum atomic E-state index is -0.465. The van der Waals surface area contributed by atoms with Gasteiger partial charge in [0, 0.05) is 43.2 Å². The number of fused-ring (bicyclic) bond motifs is 2. The highest BCUT2D eigenvalue weighted by Crippen LogP contribution is 2.32. The summed E-state index contributed by atoms with van der Waals surface area (Å²) in [6.45, 7) is 7.06. The molecule has 1 aromatic carbocycles. The Morgan fingerprint density at radius 2 is 1.94 bits per heavy atom. The Morgan fingerprint density at radius 3 is 2.65 bits per heavy atom. The number of piperidine rings is 1. The molecule has 3 aromatic heterocycles. The van der Waals surface area contributed by atoms with Gasteiger partial charge in [0.05, 0.1) is 17.4 Å². The number of carbonyl (C=O) groups is 1. The maximum absolute atomic E-state index is 12.3. The van der Waals surface area contributed by atoms with Crippen LogP contribution < -0.4 is 0 Å². The zero-order chi connectivity index (χ0) is 21.8. The number of nitrogens with zero attached hydrogens (tertiary/aromatic N) is 6. The van der Waals surface area contributed by atoms with Crippen molar-refractivity contribution in [2.24, 2.45) is 7.05 Å². The van der Waals surface area contributed by atoms with Crippen molar-refractivity contribution in [3.63, 3.8) is 0 Å². The van der Waals surface area contributed by atoms with Gasteiger partial charge in [-0.3, -0.25) is 4.68 Å². The second kappa shape index (κ2) is 7.33. The monoisotopic (exact) mass is 438 g/mol. The Kier molecular flexibility index (Phi) is 4.73. The predicted molar refractivity (Wildman–Crippen MR) is 120 cm³/mol. The van der Waals surface area contributed by atoms with Crippen LogP contribution in [0.2, 0.25) is 0 Å². The van der Waals surface area contributed by atoms with Gasteiger partial charge in [-0.2, -0.15) is 10.2 Å². The molecule has 1 amide bonds. The lowest BCUT2D eigenvalue weighted by atomic mass is 9.94. The summed E-state index contributed by atoms with van der Waals surface area (Å²) in [5, 5.41) is 11.2. The molecule has 1 aliphatic rings. The molecule has 31 heavy (non-hydrogen) atoms. The van der Waals surface area contributed by atoms with Crippen LogP contribution in [-0.2, 0) is 11.8 Å². The van der Waals surface area contributed by atoms with Crippen molar-refractivity contribution in [3.8, 4) is 10.6 Å². The van der Waals surface area contributed by atoms with Gasteiger partial charge >= 0.3 is 6.09 Å². The Labute approximate surface area is 184 Å². The number of rotatable bonds is 2. The van der Waals surface area contributed by atoms with Crippen molar-refractivity contribution in [1.82, 2.24) is 29.3 Å². The van der Waals surface area contributed by atoms with Crippen LogP contribution in [0.5, 0.6) is 0 Å². The molecule has 0 radical (unpaired) electrons. The van der Waals surface area contributed by atoms with E-state index in [0.29, 0.717) is 19.0 Å². The summed E-state index contributed by atoms with van der Waals surface area (Å²) in [6.07, 6.45) is 5.59. The lowest BCUT2D eigenvalue weighted by Gasteiger charge is -2.32. The number of ether oxygens (including phenoxy) is 1. The molecule has 0 unspecified atom stereocenters. The number of carbonyl (C=O) groups excluding carboxylic acids is 1. The molecular formula is C22H26N6O2S. The molecule has 8 nitrogen and oxygen atoms in total. The molecule has 4 heterocycles. The highest BCUT2D eigenvalue weighted by atomic mass is 32.1. The molecule has 4 aromatic rings. The van der Waals surface area contributed by atoms with Crippen molar-refractivity contribution in [2.45, 2.75) is 45.1 Å². The zero-order valence-electron chi connectivity index (χ0n) is 18.2. The van der Waals surface area contributed by atoms with E-state index in [-0.39, 0.29) is 6.09 Å². The summed E-state index contributed by atoms with van der Waals surface area (Å²) in [6, 6.07) is 6.20. The van der Waals surface area contributed by atoms with E-state index >= 15 is 0 Å². The summed E-state index contributed by atoms with van der Waals surface area (Å²) < 4.78 is 9.19. The molecular weight excluding hydrogens is 412 g/mol. The molecule has 5 rings (SSSR count). The number of imidazole rings is 1. The van der Waals surface area contributed by atoms with Crippen LogP contribution in [0.4, 0.5) is 4.79 Å². The lowest BCUT2D eigenvalue weighted by Crippen LogP contribution is -2.41. The van der Waals surface area contributed by atoms with Gasteiger partial charge < -0.3 is 9.64 Å². The Hall–Kier alpha value is -2.94. The molecule has 0 aliphatic carbocycles. The summed E-state index contributed by atoms with van der Waals surface area (Å²) in [7, 11) is 1.93. The van der Waals surface area contributed by atoms with Gasteiger partial charge in [0.15, 0.2) is 0 Å². The van der Waals surface area contributed by atoms with E-state index in [4.69, 9.17) is 14.8 Å². The summed E-state index contributed by atoms with van der Waals surface area (Å²) in [5.41, 5.74) is 2.64. The third-order valence-corrected chi connectivity index (χ3v) is 6.46. The van der Waals surface area contributed by atoms with Gasteiger partial charge in [0.25, 0.3) is 0 Å². The van der Waals surface area contributed by atoms with Crippen molar-refractivity contribution in [3.05, 3.63) is 36.3 Å². The zero-order valence-corrected chi connectivity index (χ0v) is 19.0. The smallest absolute Gasteiger partial charge is 0.410 e. The van der Waals surface area contributed by atoms with Crippen LogP contribution in [-0.4, -0.2) is 54.1 Å². The maximum atomic E-state index is 12.3. The quantitative estimate of drug-likeness (QED) is 0.462. The number of hydrogen-bond donors (Lipinski definition) is 0. The standard InChI is InChI=1S/C22H26N6O2S/c1-22(2,3)30-21(29)27-9-7-14(8-10-27)18-13-28-20(23-18)31-19(25-28)15-5-6-17-16(11-15)12-26(4)24-17/h5-6,11-14H,7-10H2,1-4H3. The minimum Gasteiger partial charge on any atom is -0.444 e. The van der Waals surface area contributed by atoms with E-state index in [2.05, 4.69) is 17.2 Å². The van der Waals surface area contributed by atoms with Crippen molar-refractivity contribution < 1.29 is 9.53 Å². The Bertz CT molecular complexity index is 1220. The van der Waals surface area contributed by atoms with Crippen LogP contribution in [0, 0.1) is 0 Å². The van der Waals surface area contributed by atoms with E-state index < -0.39 is 5.60 Å². The molecule has 0 bridgehead atoms. The number of hydrogen-bond acceptors (Lipinski definition) is 6. The first-order chi connectivity index (χ1) is 14.7. The SMILES string of the molecule is Cn1cc2cc(-c3nn4cc(C5CCN(C(=O)OC(C)(C)C)CC5)nc4s3)ccc2n1. The molecule has 1 fully saturated rings. The number of aryl methyl sites for hydroxylation is 1. The third kappa shape index (κ3) is 4.01. The fourth-order valence-electron chi connectivity index (χ4n) is 4.00. The van der Waals surface area contributed by atoms with Gasteiger partial charge in [-0.25, -0.2) is 14.3 Å². The van der Waals surface area contributed by atoms with Crippen molar-refractivity contribution in [1.29, 1.82) is 0 Å². The predicted octanol–water partition coefficient (Wildman–Crippen LogP) is 4.46. The first-order valence-corrected chi connectivity index (χ1v) is 11.3. The fourth-order valence-corrected chi connectivity index (χ4v) is 4.88. The number of amides is 1. The van der Waals surface area contributed by atoms with E-state index in [1.807, 2.05) is 55.5 Å². The van der Waals surface area contributed by atoms with Gasteiger partial charge in [0.2, 0.25) is 4.96 Å². The number of likely N-dealkylation sites (tertiary alicyclic amines) is 1. The minimum absolute atomic E-state index is 0.228. The van der Waals surface area contributed by atoms with Crippen LogP contribution in [0.15, 0.2) is 30.6 Å². The van der Waals surface area contributed by atoms with Crippen molar-refractivity contribution in [2.75, 3.05) is 13.1 Å². The summed E-state index contributed by atoms with van der Waals surface area (Å²) in [4.78, 5) is 19.8. The van der Waals surface area contributed by atoms with Gasteiger partial charge in [-0.05, 0) is 51.8 Å². The number of aromatic nitrogens is 5. The average molecular weight is 439 g/mol. The van der Waals surface area contributed by atoms with Crippen LogP contribution in [0.25, 0.3) is 26.4 Å². The number of benzene rings is 1. The van der Waals surface area contributed by atoms with Gasteiger partial charge in [-0.15, -0.1) is 0 Å². The first kappa shape index (κ1) is 20.0. The molecule has 0 saturated carbocycles. The van der Waals surface area contributed by atoms with E-state index in [1.54, 1.807) is 16.2 Å². The summed E-state index contributed by atoms with van der Waals surface area (Å²) in [5.74, 6) is 0.336. The highest BCUT2D eigenvalue weighted by Gasteiger charge is 2.29.